The number of halogens is 3. The first-order chi connectivity index (χ1) is 13.2. The lowest BCUT2D eigenvalue weighted by atomic mass is 9.83. The Morgan fingerprint density at radius 3 is 2.36 bits per heavy atom. The molecule has 1 atom stereocenters. The zero-order valence-corrected chi connectivity index (χ0v) is 17.2. The number of nitrogens with zero attached hydrogens (tertiary/aromatic N) is 1. The third-order valence-electron chi connectivity index (χ3n) is 5.87. The van der Waals surface area contributed by atoms with Gasteiger partial charge in [0.1, 0.15) is 5.82 Å². The van der Waals surface area contributed by atoms with Crippen molar-refractivity contribution in [2.75, 3.05) is 13.1 Å². The predicted molar refractivity (Wildman–Crippen MR) is 109 cm³/mol. The molecule has 0 aliphatic carbocycles. The zero-order chi connectivity index (χ0) is 20.5. The summed E-state index contributed by atoms with van der Waals surface area (Å²) in [5.74, 6) is -3.29. The van der Waals surface area contributed by atoms with Gasteiger partial charge in [0, 0.05) is 18.0 Å². The molecule has 1 aliphatic rings. The van der Waals surface area contributed by atoms with Crippen LogP contribution in [0.25, 0.3) is 11.1 Å². The highest BCUT2D eigenvalue weighted by molar-refractivity contribution is 5.64. The Morgan fingerprint density at radius 1 is 1.04 bits per heavy atom. The van der Waals surface area contributed by atoms with Gasteiger partial charge >= 0.3 is 0 Å². The summed E-state index contributed by atoms with van der Waals surface area (Å²) in [5.41, 5.74) is 3.47. The maximum Gasteiger partial charge on any atom is 0.263 e. The number of rotatable bonds is 5. The smallest absolute Gasteiger partial charge is 0.263 e. The second kappa shape index (κ2) is 8.28. The summed E-state index contributed by atoms with van der Waals surface area (Å²) in [6, 6.07) is 13.2. The van der Waals surface area contributed by atoms with Crippen LogP contribution in [0, 0.1) is 17.7 Å². The summed E-state index contributed by atoms with van der Waals surface area (Å²) in [6.07, 6.45) is 0.451. The molecule has 0 saturated carbocycles. The summed E-state index contributed by atoms with van der Waals surface area (Å²) < 4.78 is 43.6. The summed E-state index contributed by atoms with van der Waals surface area (Å²) in [5, 5.41) is 0. The highest BCUT2D eigenvalue weighted by atomic mass is 19.3. The van der Waals surface area contributed by atoms with Crippen molar-refractivity contribution in [3.63, 3.8) is 0 Å². The first-order valence-corrected chi connectivity index (χ1v) is 10.2. The molecule has 0 radical (unpaired) electrons. The van der Waals surface area contributed by atoms with E-state index in [2.05, 4.69) is 26.0 Å². The van der Waals surface area contributed by atoms with Gasteiger partial charge in [-0.1, -0.05) is 64.1 Å². The lowest BCUT2D eigenvalue weighted by molar-refractivity contribution is -0.126. The molecule has 28 heavy (non-hydrogen) atoms. The molecule has 0 amide bonds. The highest BCUT2D eigenvalue weighted by Gasteiger charge is 2.45. The van der Waals surface area contributed by atoms with Crippen molar-refractivity contribution in [3.05, 3.63) is 59.4 Å². The molecule has 2 aromatic rings. The minimum absolute atomic E-state index is 0.0465. The van der Waals surface area contributed by atoms with Gasteiger partial charge in [-0.05, 0) is 47.6 Å². The van der Waals surface area contributed by atoms with Crippen molar-refractivity contribution in [1.82, 2.24) is 4.90 Å². The largest absolute Gasteiger partial charge is 0.293 e. The normalized spacial score (nSPS) is 20.1. The Balaban J connectivity index is 1.74. The van der Waals surface area contributed by atoms with Crippen molar-refractivity contribution in [1.29, 1.82) is 0 Å². The maximum atomic E-state index is 14.7. The van der Waals surface area contributed by atoms with Gasteiger partial charge in [-0.25, -0.2) is 13.2 Å². The molecule has 1 unspecified atom stereocenters. The van der Waals surface area contributed by atoms with Crippen LogP contribution in [-0.4, -0.2) is 23.9 Å². The van der Waals surface area contributed by atoms with Gasteiger partial charge in [0.05, 0.1) is 6.54 Å². The topological polar surface area (TPSA) is 3.24 Å². The molecular weight excluding hydrogens is 359 g/mol. The number of hydrogen-bond donors (Lipinski definition) is 0. The molecule has 0 bridgehead atoms. The SMILES string of the molecule is CC(C)c1cccc(-c2ccc(CN3CCC(C(C)C)C(F)(F)C3)c(F)c2)c1. The lowest BCUT2D eigenvalue weighted by Crippen LogP contribution is -2.49. The summed E-state index contributed by atoms with van der Waals surface area (Å²) in [7, 11) is 0. The molecule has 1 heterocycles. The third kappa shape index (κ3) is 4.60. The predicted octanol–water partition coefficient (Wildman–Crippen LogP) is 6.73. The monoisotopic (exact) mass is 389 g/mol. The van der Waals surface area contributed by atoms with Crippen LogP contribution in [-0.2, 0) is 6.54 Å². The van der Waals surface area contributed by atoms with Gasteiger partial charge < -0.3 is 0 Å². The van der Waals surface area contributed by atoms with Gasteiger partial charge in [0.15, 0.2) is 0 Å². The number of likely N-dealkylation sites (tertiary alicyclic amines) is 1. The van der Waals surface area contributed by atoms with E-state index in [-0.39, 0.29) is 24.8 Å². The van der Waals surface area contributed by atoms with Crippen molar-refractivity contribution in [3.8, 4) is 11.1 Å². The first-order valence-electron chi connectivity index (χ1n) is 10.2. The Labute approximate surface area is 166 Å². The molecule has 152 valence electrons. The molecular formula is C24H30F3N. The molecule has 0 spiro atoms. The van der Waals surface area contributed by atoms with E-state index in [1.165, 1.54) is 11.6 Å². The minimum Gasteiger partial charge on any atom is -0.293 e. The summed E-state index contributed by atoms with van der Waals surface area (Å²) in [6.45, 7) is 8.45. The fraction of sp³-hybridized carbons (Fsp3) is 0.500. The molecule has 4 heteroatoms. The molecule has 1 fully saturated rings. The van der Waals surface area contributed by atoms with Crippen LogP contribution < -0.4 is 0 Å². The average molecular weight is 390 g/mol. The van der Waals surface area contributed by atoms with E-state index in [1.807, 2.05) is 32.0 Å². The molecule has 0 N–H and O–H groups in total. The van der Waals surface area contributed by atoms with Crippen LogP contribution in [0.3, 0.4) is 0 Å². The molecule has 0 aromatic heterocycles. The number of benzene rings is 2. The van der Waals surface area contributed by atoms with E-state index in [0.29, 0.717) is 24.4 Å². The van der Waals surface area contributed by atoms with Gasteiger partial charge in [-0.2, -0.15) is 0 Å². The van der Waals surface area contributed by atoms with Gasteiger partial charge in [-0.15, -0.1) is 0 Å². The van der Waals surface area contributed by atoms with E-state index >= 15 is 0 Å². The summed E-state index contributed by atoms with van der Waals surface area (Å²) in [4.78, 5) is 1.68. The highest BCUT2D eigenvalue weighted by Crippen LogP contribution is 2.38. The van der Waals surface area contributed by atoms with Gasteiger partial charge in [-0.3, -0.25) is 4.90 Å². The number of alkyl halides is 2. The Hall–Kier alpha value is -1.81. The van der Waals surface area contributed by atoms with Crippen LogP contribution in [0.2, 0.25) is 0 Å². The Kier molecular flexibility index (Phi) is 6.18. The number of piperidine rings is 1. The fourth-order valence-electron chi connectivity index (χ4n) is 4.16. The fourth-order valence-corrected chi connectivity index (χ4v) is 4.16. The van der Waals surface area contributed by atoms with Crippen LogP contribution in [0.1, 0.15) is 51.2 Å². The van der Waals surface area contributed by atoms with E-state index in [4.69, 9.17) is 0 Å². The standard InChI is InChI=1S/C24H30F3N/c1-16(2)18-6-5-7-19(12-18)20-8-9-21(23(25)13-20)14-28-11-10-22(17(3)4)24(26,27)15-28/h5-9,12-13,16-17,22H,10-11,14-15H2,1-4H3. The number of hydrogen-bond acceptors (Lipinski definition) is 1. The Bertz CT molecular complexity index is 813. The minimum atomic E-state index is -2.72. The summed E-state index contributed by atoms with van der Waals surface area (Å²) >= 11 is 0. The third-order valence-corrected chi connectivity index (χ3v) is 5.87. The zero-order valence-electron chi connectivity index (χ0n) is 17.2. The van der Waals surface area contributed by atoms with Crippen LogP contribution >= 0.6 is 0 Å². The molecule has 3 rings (SSSR count). The first kappa shape index (κ1) is 20.9. The van der Waals surface area contributed by atoms with Gasteiger partial charge in [0.2, 0.25) is 0 Å². The van der Waals surface area contributed by atoms with E-state index in [9.17, 15) is 13.2 Å². The van der Waals surface area contributed by atoms with Crippen LogP contribution in [0.4, 0.5) is 13.2 Å². The Morgan fingerprint density at radius 2 is 1.75 bits per heavy atom. The second-order valence-corrected chi connectivity index (χ2v) is 8.70. The van der Waals surface area contributed by atoms with E-state index < -0.39 is 11.8 Å². The van der Waals surface area contributed by atoms with Crippen molar-refractivity contribution >= 4 is 0 Å². The second-order valence-electron chi connectivity index (χ2n) is 8.70. The van der Waals surface area contributed by atoms with Crippen molar-refractivity contribution in [2.45, 2.75) is 52.5 Å². The molecule has 2 aromatic carbocycles. The van der Waals surface area contributed by atoms with Gasteiger partial charge in [0.25, 0.3) is 5.92 Å². The molecule has 1 nitrogen and oxygen atoms in total. The molecule has 1 saturated heterocycles. The van der Waals surface area contributed by atoms with Crippen molar-refractivity contribution < 1.29 is 13.2 Å². The van der Waals surface area contributed by atoms with Crippen molar-refractivity contribution in [2.24, 2.45) is 11.8 Å². The van der Waals surface area contributed by atoms with Crippen LogP contribution in [0.15, 0.2) is 42.5 Å². The maximum absolute atomic E-state index is 14.7. The molecule has 1 aliphatic heterocycles. The average Bonchev–Trinajstić information content (AvgIpc) is 2.62. The van der Waals surface area contributed by atoms with E-state index in [1.54, 1.807) is 11.0 Å². The quantitative estimate of drug-likeness (QED) is 0.548. The lowest BCUT2D eigenvalue weighted by Gasteiger charge is -2.40. The van der Waals surface area contributed by atoms with E-state index in [0.717, 1.165) is 11.1 Å². The van der Waals surface area contributed by atoms with Crippen LogP contribution in [0.5, 0.6) is 0 Å².